The van der Waals surface area contributed by atoms with Crippen LogP contribution in [0.15, 0.2) is 36.4 Å². The molecule has 0 bridgehead atoms. The molecule has 0 aliphatic carbocycles. The maximum absolute atomic E-state index is 12.3. The standard InChI is InChI=1S/C24H34N2O2/c1-3-5-7-9-17-23(27)25-21-15-11-14-20-19(21)13-12-16-22(20)26-24(28)18-10-8-6-4-2/h11-16H,3-10,17-18H2,1-2H3,(H,25,27)(H,26,28). The fraction of sp³-hybridized carbons (Fsp3) is 0.500. The van der Waals surface area contributed by atoms with Crippen molar-refractivity contribution in [3.8, 4) is 0 Å². The molecule has 0 heterocycles. The molecule has 0 spiro atoms. The molecular weight excluding hydrogens is 348 g/mol. The van der Waals surface area contributed by atoms with Gasteiger partial charge in [0, 0.05) is 35.0 Å². The highest BCUT2D eigenvalue weighted by atomic mass is 16.2. The number of benzene rings is 2. The maximum Gasteiger partial charge on any atom is 0.224 e. The molecule has 0 unspecified atom stereocenters. The summed E-state index contributed by atoms with van der Waals surface area (Å²) in [6, 6.07) is 11.7. The van der Waals surface area contributed by atoms with Crippen molar-refractivity contribution in [3.63, 3.8) is 0 Å². The monoisotopic (exact) mass is 382 g/mol. The van der Waals surface area contributed by atoms with Crippen molar-refractivity contribution in [2.45, 2.75) is 78.1 Å². The summed E-state index contributed by atoms with van der Waals surface area (Å²) in [6.45, 7) is 4.33. The maximum atomic E-state index is 12.3. The molecule has 2 N–H and O–H groups in total. The molecule has 0 saturated heterocycles. The number of amides is 2. The fourth-order valence-electron chi connectivity index (χ4n) is 3.38. The van der Waals surface area contributed by atoms with Crippen LogP contribution in [0.25, 0.3) is 10.8 Å². The van der Waals surface area contributed by atoms with Gasteiger partial charge in [-0.05, 0) is 25.0 Å². The van der Waals surface area contributed by atoms with E-state index in [2.05, 4.69) is 24.5 Å². The number of carbonyl (C=O) groups is 2. The van der Waals surface area contributed by atoms with Crippen LogP contribution < -0.4 is 10.6 Å². The molecule has 0 aliphatic rings. The first-order valence-electron chi connectivity index (χ1n) is 10.8. The number of fused-ring (bicyclic) bond motifs is 1. The smallest absolute Gasteiger partial charge is 0.224 e. The van der Waals surface area contributed by atoms with Crippen LogP contribution in [0.5, 0.6) is 0 Å². The summed E-state index contributed by atoms with van der Waals surface area (Å²) in [5.41, 5.74) is 1.61. The molecule has 4 heteroatoms. The van der Waals surface area contributed by atoms with Gasteiger partial charge in [0.2, 0.25) is 11.8 Å². The van der Waals surface area contributed by atoms with Crippen molar-refractivity contribution >= 4 is 34.0 Å². The average Bonchev–Trinajstić information content (AvgIpc) is 2.69. The Morgan fingerprint density at radius 1 is 0.643 bits per heavy atom. The minimum atomic E-state index is 0.0500. The Kier molecular flexibility index (Phi) is 9.53. The van der Waals surface area contributed by atoms with Crippen molar-refractivity contribution in [3.05, 3.63) is 36.4 Å². The van der Waals surface area contributed by atoms with E-state index in [0.717, 1.165) is 60.7 Å². The second kappa shape index (κ2) is 12.2. The zero-order valence-electron chi connectivity index (χ0n) is 17.4. The number of rotatable bonds is 12. The van der Waals surface area contributed by atoms with Gasteiger partial charge in [-0.25, -0.2) is 0 Å². The Morgan fingerprint density at radius 2 is 1.07 bits per heavy atom. The lowest BCUT2D eigenvalue weighted by molar-refractivity contribution is -0.117. The van der Waals surface area contributed by atoms with Crippen LogP contribution in [0, 0.1) is 0 Å². The molecule has 0 saturated carbocycles. The molecule has 0 aromatic heterocycles. The van der Waals surface area contributed by atoms with E-state index < -0.39 is 0 Å². The second-order valence-corrected chi connectivity index (χ2v) is 7.42. The van der Waals surface area contributed by atoms with E-state index in [4.69, 9.17) is 0 Å². The van der Waals surface area contributed by atoms with Crippen LogP contribution >= 0.6 is 0 Å². The van der Waals surface area contributed by atoms with E-state index in [0.29, 0.717) is 12.8 Å². The summed E-state index contributed by atoms with van der Waals surface area (Å²) in [5.74, 6) is 0.0999. The topological polar surface area (TPSA) is 58.2 Å². The Bertz CT molecular complexity index is 705. The number of nitrogens with one attached hydrogen (secondary N) is 2. The molecule has 0 radical (unpaired) electrons. The summed E-state index contributed by atoms with van der Waals surface area (Å²) >= 11 is 0. The van der Waals surface area contributed by atoms with Crippen molar-refractivity contribution in [2.75, 3.05) is 10.6 Å². The van der Waals surface area contributed by atoms with Crippen molar-refractivity contribution in [1.29, 1.82) is 0 Å². The first-order valence-corrected chi connectivity index (χ1v) is 10.8. The zero-order chi connectivity index (χ0) is 20.2. The lowest BCUT2D eigenvalue weighted by Gasteiger charge is -2.13. The normalized spacial score (nSPS) is 10.8. The molecule has 2 aromatic carbocycles. The third kappa shape index (κ3) is 6.99. The molecule has 0 aliphatic heterocycles. The Hall–Kier alpha value is -2.36. The third-order valence-electron chi connectivity index (χ3n) is 4.99. The number of carbonyl (C=O) groups excluding carboxylic acids is 2. The van der Waals surface area contributed by atoms with Gasteiger partial charge in [-0.2, -0.15) is 0 Å². The van der Waals surface area contributed by atoms with Crippen LogP contribution in [0.2, 0.25) is 0 Å². The largest absolute Gasteiger partial charge is 0.326 e. The predicted octanol–water partition coefficient (Wildman–Crippen LogP) is 6.66. The minimum absolute atomic E-state index is 0.0500. The van der Waals surface area contributed by atoms with Crippen LogP contribution in [-0.2, 0) is 9.59 Å². The van der Waals surface area contributed by atoms with Crippen molar-refractivity contribution in [1.82, 2.24) is 0 Å². The van der Waals surface area contributed by atoms with E-state index in [-0.39, 0.29) is 11.8 Å². The second-order valence-electron chi connectivity index (χ2n) is 7.42. The minimum Gasteiger partial charge on any atom is -0.326 e. The van der Waals surface area contributed by atoms with Crippen molar-refractivity contribution < 1.29 is 9.59 Å². The van der Waals surface area contributed by atoms with Gasteiger partial charge in [0.05, 0.1) is 0 Å². The van der Waals surface area contributed by atoms with Gasteiger partial charge in [-0.3, -0.25) is 9.59 Å². The first-order chi connectivity index (χ1) is 13.7. The van der Waals surface area contributed by atoms with E-state index in [1.807, 2.05) is 36.4 Å². The first kappa shape index (κ1) is 21.9. The zero-order valence-corrected chi connectivity index (χ0v) is 17.4. The number of anilines is 2. The SMILES string of the molecule is CCCCCCC(=O)Nc1cccc2c(NC(=O)CCCCCC)cccc12. The highest BCUT2D eigenvalue weighted by molar-refractivity contribution is 6.08. The molecule has 2 aromatic rings. The quantitative estimate of drug-likeness (QED) is 0.403. The van der Waals surface area contributed by atoms with Gasteiger partial charge in [-0.15, -0.1) is 0 Å². The van der Waals surface area contributed by atoms with E-state index >= 15 is 0 Å². The highest BCUT2D eigenvalue weighted by Gasteiger charge is 2.10. The molecule has 152 valence electrons. The Balaban J connectivity index is 2.03. The van der Waals surface area contributed by atoms with Crippen LogP contribution in [-0.4, -0.2) is 11.8 Å². The van der Waals surface area contributed by atoms with E-state index in [9.17, 15) is 9.59 Å². The predicted molar refractivity (Wildman–Crippen MR) is 119 cm³/mol. The number of hydrogen-bond acceptors (Lipinski definition) is 2. The molecular formula is C24H34N2O2. The summed E-state index contributed by atoms with van der Waals surface area (Å²) in [6.07, 6.45) is 9.78. The molecule has 2 rings (SSSR count). The number of unbranched alkanes of at least 4 members (excludes halogenated alkanes) is 6. The molecule has 4 nitrogen and oxygen atoms in total. The molecule has 0 fully saturated rings. The van der Waals surface area contributed by atoms with Gasteiger partial charge < -0.3 is 10.6 Å². The van der Waals surface area contributed by atoms with Gasteiger partial charge in [0.15, 0.2) is 0 Å². The van der Waals surface area contributed by atoms with Gasteiger partial charge in [0.25, 0.3) is 0 Å². The summed E-state index contributed by atoms with van der Waals surface area (Å²) in [4.78, 5) is 24.5. The van der Waals surface area contributed by atoms with Gasteiger partial charge in [0.1, 0.15) is 0 Å². The highest BCUT2D eigenvalue weighted by Crippen LogP contribution is 2.29. The Morgan fingerprint density at radius 3 is 1.46 bits per heavy atom. The molecule has 28 heavy (non-hydrogen) atoms. The summed E-state index contributed by atoms with van der Waals surface area (Å²) in [7, 11) is 0. The van der Waals surface area contributed by atoms with Gasteiger partial charge >= 0.3 is 0 Å². The lowest BCUT2D eigenvalue weighted by atomic mass is 10.1. The van der Waals surface area contributed by atoms with Crippen LogP contribution in [0.1, 0.15) is 78.1 Å². The van der Waals surface area contributed by atoms with Crippen LogP contribution in [0.4, 0.5) is 11.4 Å². The van der Waals surface area contributed by atoms with E-state index in [1.165, 1.54) is 12.8 Å². The Labute approximate surface area is 169 Å². The fourth-order valence-corrected chi connectivity index (χ4v) is 3.38. The summed E-state index contributed by atoms with van der Waals surface area (Å²) in [5, 5.41) is 7.98. The average molecular weight is 383 g/mol. The summed E-state index contributed by atoms with van der Waals surface area (Å²) < 4.78 is 0. The van der Waals surface area contributed by atoms with E-state index in [1.54, 1.807) is 0 Å². The molecule has 0 atom stereocenters. The third-order valence-corrected chi connectivity index (χ3v) is 4.99. The number of hydrogen-bond donors (Lipinski definition) is 2. The van der Waals surface area contributed by atoms with Gasteiger partial charge in [-0.1, -0.05) is 76.6 Å². The lowest BCUT2D eigenvalue weighted by Crippen LogP contribution is -2.13. The van der Waals surface area contributed by atoms with Crippen LogP contribution in [0.3, 0.4) is 0 Å². The van der Waals surface area contributed by atoms with Crippen molar-refractivity contribution in [2.24, 2.45) is 0 Å². The molecule has 2 amide bonds.